The van der Waals surface area contributed by atoms with E-state index in [9.17, 15) is 8.42 Å². The number of rotatable bonds is 1. The summed E-state index contributed by atoms with van der Waals surface area (Å²) in [4.78, 5) is 0.918. The topological polar surface area (TPSA) is 75.4 Å². The quantitative estimate of drug-likeness (QED) is 0.614. The Kier molecular flexibility index (Phi) is 2.69. The van der Waals surface area contributed by atoms with Crippen LogP contribution in [0.25, 0.3) is 0 Å². The predicted molar refractivity (Wildman–Crippen MR) is 56.2 cm³/mol. The highest BCUT2D eigenvalue weighted by molar-refractivity contribution is 7.90. The van der Waals surface area contributed by atoms with Gasteiger partial charge >= 0.3 is 0 Å². The van der Waals surface area contributed by atoms with Crippen molar-refractivity contribution in [1.29, 1.82) is 0 Å². The Balaban J connectivity index is 3.21. The first kappa shape index (κ1) is 11.9. The molecule has 0 spiro atoms. The van der Waals surface area contributed by atoms with E-state index in [2.05, 4.69) is 5.32 Å². The molecule has 0 amide bonds. The molecule has 0 bridgehead atoms. The van der Waals surface area contributed by atoms with Crippen molar-refractivity contribution >= 4 is 10.0 Å². The maximum atomic E-state index is 11.6. The van der Waals surface area contributed by atoms with Crippen LogP contribution in [-0.2, 0) is 10.0 Å². The van der Waals surface area contributed by atoms with Crippen LogP contribution < -0.4 is 10.5 Å². The summed E-state index contributed by atoms with van der Waals surface area (Å²) in [5.41, 5.74) is -0.515. The fourth-order valence-corrected chi connectivity index (χ4v) is 2.93. The molecule has 1 heterocycles. The Hall–Kier alpha value is -0.170. The second-order valence-electron chi connectivity index (χ2n) is 4.49. The van der Waals surface area contributed by atoms with E-state index in [0.29, 0.717) is 6.54 Å². The van der Waals surface area contributed by atoms with Crippen molar-refractivity contribution < 1.29 is 8.42 Å². The summed E-state index contributed by atoms with van der Waals surface area (Å²) in [6.07, 6.45) is 0. The van der Waals surface area contributed by atoms with E-state index < -0.39 is 20.4 Å². The zero-order chi connectivity index (χ0) is 11.2. The van der Waals surface area contributed by atoms with Crippen LogP contribution in [0, 0.1) is 0 Å². The van der Waals surface area contributed by atoms with Gasteiger partial charge in [-0.15, -0.1) is 0 Å². The van der Waals surface area contributed by atoms with E-state index in [-0.39, 0.29) is 0 Å². The zero-order valence-corrected chi connectivity index (χ0v) is 9.98. The van der Waals surface area contributed by atoms with Gasteiger partial charge in [-0.25, -0.2) is 13.6 Å². The average Bonchev–Trinajstić information content (AvgIpc) is 1.98. The normalized spacial score (nSPS) is 34.4. The molecule has 6 heteroatoms. The smallest absolute Gasteiger partial charge is 0.229 e. The summed E-state index contributed by atoms with van der Waals surface area (Å²) in [6, 6.07) is 0. The number of sulfonamides is 1. The summed E-state index contributed by atoms with van der Waals surface area (Å²) < 4.78 is 23.1. The molecule has 1 aliphatic heterocycles. The third-order valence-electron chi connectivity index (χ3n) is 3.60. The van der Waals surface area contributed by atoms with E-state index in [1.54, 1.807) is 6.92 Å². The van der Waals surface area contributed by atoms with Crippen LogP contribution >= 0.6 is 0 Å². The first-order valence-electron chi connectivity index (χ1n) is 4.61. The molecule has 1 unspecified atom stereocenters. The Morgan fingerprint density at radius 1 is 1.36 bits per heavy atom. The summed E-state index contributed by atoms with van der Waals surface area (Å²) in [7, 11) is -1.71. The SMILES string of the molecule is CN1CCNC(C)(S(N)(=O)=O)C1(C)C. The lowest BCUT2D eigenvalue weighted by atomic mass is 9.91. The van der Waals surface area contributed by atoms with Gasteiger partial charge in [-0.05, 0) is 27.8 Å². The first-order chi connectivity index (χ1) is 6.13. The lowest BCUT2D eigenvalue weighted by Crippen LogP contribution is -2.74. The Bertz CT molecular complexity index is 325. The van der Waals surface area contributed by atoms with Gasteiger partial charge in [-0.2, -0.15) is 0 Å². The fraction of sp³-hybridized carbons (Fsp3) is 1.00. The number of hydrogen-bond acceptors (Lipinski definition) is 4. The summed E-state index contributed by atoms with van der Waals surface area (Å²) in [5.74, 6) is 0. The minimum atomic E-state index is -3.62. The van der Waals surface area contributed by atoms with Gasteiger partial charge in [0, 0.05) is 18.6 Å². The molecule has 0 aliphatic carbocycles. The molecule has 0 saturated carbocycles. The second-order valence-corrected chi connectivity index (χ2v) is 6.39. The number of piperazine rings is 1. The van der Waals surface area contributed by atoms with Crippen LogP contribution in [-0.4, -0.2) is 43.9 Å². The number of nitrogens with one attached hydrogen (secondary N) is 1. The van der Waals surface area contributed by atoms with E-state index in [4.69, 9.17) is 5.14 Å². The Morgan fingerprint density at radius 3 is 2.21 bits per heavy atom. The largest absolute Gasteiger partial charge is 0.297 e. The Labute approximate surface area is 85.7 Å². The fourth-order valence-electron chi connectivity index (χ4n) is 1.77. The van der Waals surface area contributed by atoms with E-state index in [0.717, 1.165) is 6.54 Å². The molecule has 0 aromatic carbocycles. The number of primary sulfonamides is 1. The number of likely N-dealkylation sites (N-methyl/N-ethyl adjacent to an activating group) is 1. The number of nitrogens with zero attached hydrogens (tertiary/aromatic N) is 1. The average molecular weight is 221 g/mol. The summed E-state index contributed by atoms with van der Waals surface area (Å²) in [6.45, 7) is 6.84. The molecule has 14 heavy (non-hydrogen) atoms. The molecule has 1 aliphatic rings. The van der Waals surface area contributed by atoms with Gasteiger partial charge in [-0.1, -0.05) is 0 Å². The van der Waals surface area contributed by atoms with Crippen LogP contribution in [0.5, 0.6) is 0 Å². The highest BCUT2D eigenvalue weighted by Crippen LogP contribution is 2.32. The summed E-state index contributed by atoms with van der Waals surface area (Å²) in [5, 5.41) is 8.27. The van der Waals surface area contributed by atoms with Gasteiger partial charge < -0.3 is 0 Å². The molecule has 0 aromatic heterocycles. The molecule has 0 radical (unpaired) electrons. The monoisotopic (exact) mass is 221 g/mol. The molecule has 5 nitrogen and oxygen atoms in total. The van der Waals surface area contributed by atoms with E-state index >= 15 is 0 Å². The van der Waals surface area contributed by atoms with Crippen LogP contribution in [0.1, 0.15) is 20.8 Å². The minimum absolute atomic E-state index is 0.515. The molecule has 0 aromatic rings. The van der Waals surface area contributed by atoms with Gasteiger partial charge in [0.2, 0.25) is 10.0 Å². The van der Waals surface area contributed by atoms with Gasteiger partial charge in [0.15, 0.2) is 4.87 Å². The van der Waals surface area contributed by atoms with Crippen molar-refractivity contribution in [2.45, 2.75) is 31.2 Å². The van der Waals surface area contributed by atoms with Crippen molar-refractivity contribution in [3.05, 3.63) is 0 Å². The van der Waals surface area contributed by atoms with Gasteiger partial charge in [-0.3, -0.25) is 10.2 Å². The maximum Gasteiger partial charge on any atom is 0.229 e. The molecule has 1 saturated heterocycles. The van der Waals surface area contributed by atoms with Crippen molar-refractivity contribution in [3.8, 4) is 0 Å². The third-order valence-corrected chi connectivity index (χ3v) is 5.38. The van der Waals surface area contributed by atoms with Crippen LogP contribution in [0.4, 0.5) is 0 Å². The van der Waals surface area contributed by atoms with Crippen LogP contribution in [0.2, 0.25) is 0 Å². The highest BCUT2D eigenvalue weighted by atomic mass is 32.2. The van der Waals surface area contributed by atoms with Crippen molar-refractivity contribution in [1.82, 2.24) is 10.2 Å². The van der Waals surface area contributed by atoms with Gasteiger partial charge in [0.1, 0.15) is 0 Å². The summed E-state index contributed by atoms with van der Waals surface area (Å²) >= 11 is 0. The Morgan fingerprint density at radius 2 is 1.86 bits per heavy atom. The number of hydrogen-bond donors (Lipinski definition) is 2. The lowest BCUT2D eigenvalue weighted by molar-refractivity contribution is 0.0599. The van der Waals surface area contributed by atoms with Crippen LogP contribution in [0.3, 0.4) is 0 Å². The second kappa shape index (κ2) is 3.16. The predicted octanol–water partition coefficient (Wildman–Crippen LogP) is -0.695. The van der Waals surface area contributed by atoms with Gasteiger partial charge in [0.05, 0.1) is 0 Å². The molecule has 1 rings (SSSR count). The van der Waals surface area contributed by atoms with E-state index in [1.165, 1.54) is 0 Å². The minimum Gasteiger partial charge on any atom is -0.297 e. The molecule has 84 valence electrons. The van der Waals surface area contributed by atoms with Crippen molar-refractivity contribution in [3.63, 3.8) is 0 Å². The van der Waals surface area contributed by atoms with Crippen LogP contribution in [0.15, 0.2) is 0 Å². The third kappa shape index (κ3) is 1.46. The van der Waals surface area contributed by atoms with E-state index in [1.807, 2.05) is 25.8 Å². The standard InChI is InChI=1S/C8H19N3O2S/c1-7(2)8(3,14(9,12)13)10-5-6-11(7)4/h10H,5-6H2,1-4H3,(H2,9,12,13). The molecular weight excluding hydrogens is 202 g/mol. The number of nitrogens with two attached hydrogens (primary N) is 1. The van der Waals surface area contributed by atoms with Gasteiger partial charge in [0.25, 0.3) is 0 Å². The highest BCUT2D eigenvalue weighted by Gasteiger charge is 2.53. The maximum absolute atomic E-state index is 11.6. The molecular formula is C8H19N3O2S. The molecule has 3 N–H and O–H groups in total. The lowest BCUT2D eigenvalue weighted by Gasteiger charge is -2.52. The van der Waals surface area contributed by atoms with Crippen molar-refractivity contribution in [2.24, 2.45) is 5.14 Å². The zero-order valence-electron chi connectivity index (χ0n) is 9.16. The first-order valence-corrected chi connectivity index (χ1v) is 6.16. The molecule has 1 atom stereocenters. The van der Waals surface area contributed by atoms with Crippen molar-refractivity contribution in [2.75, 3.05) is 20.1 Å². The molecule has 1 fully saturated rings.